The van der Waals surface area contributed by atoms with E-state index in [-0.39, 0.29) is 22.6 Å². The first kappa shape index (κ1) is 15.4. The monoisotopic (exact) mass is 302 g/mol. The smallest absolute Gasteiger partial charge is 0.338 e. The third-order valence-corrected chi connectivity index (χ3v) is 3.01. The molecule has 2 aromatic rings. The molecule has 0 spiro atoms. The van der Waals surface area contributed by atoms with Gasteiger partial charge in [0.2, 0.25) is 0 Å². The van der Waals surface area contributed by atoms with E-state index in [1.807, 2.05) is 0 Å². The summed E-state index contributed by atoms with van der Waals surface area (Å²) in [6.07, 6.45) is 0. The number of aromatic hydroxyl groups is 2. The SMILES string of the molecule is COC(=O)c1cc(O)cc(-c2cc(O)cc(C(=O)OC)c2)c1. The fourth-order valence-electron chi connectivity index (χ4n) is 2.03. The number of hydrogen-bond acceptors (Lipinski definition) is 6. The normalized spacial score (nSPS) is 10.1. The molecule has 0 amide bonds. The molecule has 6 heteroatoms. The van der Waals surface area contributed by atoms with Crippen LogP contribution in [0.2, 0.25) is 0 Å². The minimum absolute atomic E-state index is 0.138. The van der Waals surface area contributed by atoms with Crippen molar-refractivity contribution in [2.75, 3.05) is 14.2 Å². The zero-order valence-corrected chi connectivity index (χ0v) is 12.0. The Bertz CT molecular complexity index is 672. The van der Waals surface area contributed by atoms with Crippen LogP contribution in [0.1, 0.15) is 20.7 Å². The van der Waals surface area contributed by atoms with Crippen molar-refractivity contribution in [2.45, 2.75) is 0 Å². The van der Waals surface area contributed by atoms with Crippen molar-refractivity contribution >= 4 is 11.9 Å². The van der Waals surface area contributed by atoms with Crippen molar-refractivity contribution in [2.24, 2.45) is 0 Å². The van der Waals surface area contributed by atoms with Crippen LogP contribution in [0.3, 0.4) is 0 Å². The average molecular weight is 302 g/mol. The largest absolute Gasteiger partial charge is 0.508 e. The van der Waals surface area contributed by atoms with Crippen LogP contribution in [0.4, 0.5) is 0 Å². The van der Waals surface area contributed by atoms with Gasteiger partial charge in [-0.3, -0.25) is 0 Å². The molecule has 22 heavy (non-hydrogen) atoms. The van der Waals surface area contributed by atoms with Crippen molar-refractivity contribution in [1.82, 2.24) is 0 Å². The van der Waals surface area contributed by atoms with Crippen LogP contribution in [0.15, 0.2) is 36.4 Å². The summed E-state index contributed by atoms with van der Waals surface area (Å²) < 4.78 is 9.22. The third kappa shape index (κ3) is 3.17. The lowest BCUT2D eigenvalue weighted by atomic mass is 10.00. The van der Waals surface area contributed by atoms with Crippen LogP contribution in [0.25, 0.3) is 11.1 Å². The molecule has 0 unspecified atom stereocenters. The number of esters is 2. The first-order valence-corrected chi connectivity index (χ1v) is 6.29. The van der Waals surface area contributed by atoms with Crippen molar-refractivity contribution in [3.05, 3.63) is 47.5 Å². The van der Waals surface area contributed by atoms with Crippen LogP contribution >= 0.6 is 0 Å². The number of phenolic OH excluding ortho intramolecular Hbond substituents is 2. The van der Waals surface area contributed by atoms with Crippen LogP contribution in [0, 0.1) is 0 Å². The second-order valence-electron chi connectivity index (χ2n) is 4.52. The number of carbonyl (C=O) groups is 2. The summed E-state index contributed by atoms with van der Waals surface area (Å²) in [5.74, 6) is -1.49. The number of ether oxygens (including phenoxy) is 2. The number of phenols is 2. The number of carbonyl (C=O) groups excluding carboxylic acids is 2. The Balaban J connectivity index is 2.56. The van der Waals surface area contributed by atoms with E-state index >= 15 is 0 Å². The minimum Gasteiger partial charge on any atom is -0.508 e. The van der Waals surface area contributed by atoms with Crippen molar-refractivity contribution in [1.29, 1.82) is 0 Å². The van der Waals surface area contributed by atoms with Gasteiger partial charge in [-0.15, -0.1) is 0 Å². The highest BCUT2D eigenvalue weighted by atomic mass is 16.5. The summed E-state index contributed by atoms with van der Waals surface area (Å²) in [4.78, 5) is 23.2. The standard InChI is InChI=1S/C16H14O6/c1-21-15(19)11-3-9(5-13(17)7-11)10-4-12(16(20)22-2)8-14(18)6-10/h3-8,17-18H,1-2H3. The second-order valence-corrected chi connectivity index (χ2v) is 4.52. The van der Waals surface area contributed by atoms with Crippen LogP contribution in [-0.4, -0.2) is 36.4 Å². The minimum atomic E-state index is -0.606. The quantitative estimate of drug-likeness (QED) is 0.845. The van der Waals surface area contributed by atoms with Crippen LogP contribution < -0.4 is 0 Å². The molecule has 0 heterocycles. The van der Waals surface area contributed by atoms with Crippen LogP contribution in [-0.2, 0) is 9.47 Å². The molecule has 2 N–H and O–H groups in total. The van der Waals surface area contributed by atoms with E-state index in [1.54, 1.807) is 0 Å². The van der Waals surface area contributed by atoms with Gasteiger partial charge in [0.05, 0.1) is 25.3 Å². The molecule has 0 aliphatic heterocycles. The molecule has 0 aliphatic rings. The molecular formula is C16H14O6. The highest BCUT2D eigenvalue weighted by Crippen LogP contribution is 2.29. The molecule has 0 atom stereocenters. The van der Waals surface area contributed by atoms with Gasteiger partial charge in [0, 0.05) is 0 Å². The molecular weight excluding hydrogens is 288 g/mol. The topological polar surface area (TPSA) is 93.1 Å². The van der Waals surface area contributed by atoms with Gasteiger partial charge < -0.3 is 19.7 Å². The van der Waals surface area contributed by atoms with E-state index in [1.165, 1.54) is 50.6 Å². The molecule has 0 saturated heterocycles. The van der Waals surface area contributed by atoms with Gasteiger partial charge in [0.1, 0.15) is 11.5 Å². The summed E-state index contributed by atoms with van der Waals surface area (Å²) in [7, 11) is 2.46. The van der Waals surface area contributed by atoms with Gasteiger partial charge >= 0.3 is 11.9 Å². The predicted molar refractivity (Wildman–Crippen MR) is 77.9 cm³/mol. The molecule has 0 fully saturated rings. The average Bonchev–Trinajstić information content (AvgIpc) is 2.52. The molecule has 0 bridgehead atoms. The van der Waals surface area contributed by atoms with Crippen LogP contribution in [0.5, 0.6) is 11.5 Å². The highest BCUT2D eigenvalue weighted by Gasteiger charge is 2.13. The summed E-state index contributed by atoms with van der Waals surface area (Å²) in [6, 6.07) is 8.31. The van der Waals surface area contributed by atoms with Crippen molar-refractivity contribution in [3.8, 4) is 22.6 Å². The lowest BCUT2D eigenvalue weighted by molar-refractivity contribution is 0.0591. The van der Waals surface area contributed by atoms with Gasteiger partial charge in [0.25, 0.3) is 0 Å². The Hall–Kier alpha value is -3.02. The molecule has 0 radical (unpaired) electrons. The molecule has 0 aliphatic carbocycles. The maximum atomic E-state index is 11.6. The zero-order valence-electron chi connectivity index (χ0n) is 12.0. The fraction of sp³-hybridized carbons (Fsp3) is 0.125. The Morgan fingerprint density at radius 1 is 0.727 bits per heavy atom. The maximum Gasteiger partial charge on any atom is 0.338 e. The van der Waals surface area contributed by atoms with E-state index in [9.17, 15) is 19.8 Å². The first-order chi connectivity index (χ1) is 10.4. The second kappa shape index (κ2) is 6.17. The number of methoxy groups -OCH3 is 2. The summed E-state index contributed by atoms with van der Waals surface area (Å²) in [5, 5.41) is 19.5. The molecule has 2 rings (SSSR count). The Morgan fingerprint density at radius 2 is 1.09 bits per heavy atom. The molecule has 114 valence electrons. The summed E-state index contributed by atoms with van der Waals surface area (Å²) in [6.45, 7) is 0. The van der Waals surface area contributed by atoms with E-state index in [0.29, 0.717) is 11.1 Å². The highest BCUT2D eigenvalue weighted by molar-refractivity contribution is 5.94. The summed E-state index contributed by atoms with van der Waals surface area (Å²) in [5.41, 5.74) is 1.20. The predicted octanol–water partition coefficient (Wildman–Crippen LogP) is 2.34. The fourth-order valence-corrected chi connectivity index (χ4v) is 2.03. The molecule has 0 aromatic heterocycles. The van der Waals surface area contributed by atoms with Crippen molar-refractivity contribution in [3.63, 3.8) is 0 Å². The molecule has 6 nitrogen and oxygen atoms in total. The van der Waals surface area contributed by atoms with Gasteiger partial charge in [-0.05, 0) is 47.5 Å². The van der Waals surface area contributed by atoms with E-state index < -0.39 is 11.9 Å². The number of hydrogen-bond donors (Lipinski definition) is 2. The van der Waals surface area contributed by atoms with E-state index in [0.717, 1.165) is 0 Å². The van der Waals surface area contributed by atoms with Gasteiger partial charge in [-0.1, -0.05) is 0 Å². The Morgan fingerprint density at radius 3 is 1.41 bits per heavy atom. The number of rotatable bonds is 3. The zero-order chi connectivity index (χ0) is 16.3. The first-order valence-electron chi connectivity index (χ1n) is 6.29. The lowest BCUT2D eigenvalue weighted by Gasteiger charge is -2.08. The molecule has 2 aromatic carbocycles. The van der Waals surface area contributed by atoms with E-state index in [4.69, 9.17) is 0 Å². The van der Waals surface area contributed by atoms with Gasteiger partial charge in [-0.2, -0.15) is 0 Å². The lowest BCUT2D eigenvalue weighted by Crippen LogP contribution is -2.02. The van der Waals surface area contributed by atoms with Gasteiger partial charge in [0.15, 0.2) is 0 Å². The van der Waals surface area contributed by atoms with E-state index in [2.05, 4.69) is 9.47 Å². The van der Waals surface area contributed by atoms with Gasteiger partial charge in [-0.25, -0.2) is 9.59 Å². The van der Waals surface area contributed by atoms with Crippen molar-refractivity contribution < 1.29 is 29.3 Å². The number of benzene rings is 2. The molecule has 0 saturated carbocycles. The Labute approximate surface area is 126 Å². The maximum absolute atomic E-state index is 11.6. The third-order valence-electron chi connectivity index (χ3n) is 3.01. The Kier molecular flexibility index (Phi) is 4.31. The summed E-state index contributed by atoms with van der Waals surface area (Å²) >= 11 is 0.